The second-order valence-electron chi connectivity index (χ2n) is 7.78. The molecule has 3 N–H and O–H groups in total. The number of amides is 1. The van der Waals surface area contributed by atoms with Crippen LogP contribution in [-0.4, -0.2) is 64.0 Å². The van der Waals surface area contributed by atoms with Crippen molar-refractivity contribution in [3.05, 3.63) is 11.9 Å². The smallest absolute Gasteiger partial charge is 0.411 e. The fraction of sp³-hybridized carbons (Fsp3) is 0.750. The summed E-state index contributed by atoms with van der Waals surface area (Å²) in [7, 11) is 1.29. The molecule has 1 fully saturated rings. The number of esters is 1. The van der Waals surface area contributed by atoms with E-state index < -0.39 is 29.3 Å². The van der Waals surface area contributed by atoms with E-state index >= 15 is 0 Å². The van der Waals surface area contributed by atoms with E-state index in [0.717, 1.165) is 0 Å². The van der Waals surface area contributed by atoms with E-state index in [1.807, 2.05) is 0 Å². The van der Waals surface area contributed by atoms with Crippen molar-refractivity contribution in [3.8, 4) is 0 Å². The first kappa shape index (κ1) is 19.3. The quantitative estimate of drug-likeness (QED) is 0.627. The molecule has 0 aromatic rings. The Bertz CT molecular complexity index is 564. The summed E-state index contributed by atoms with van der Waals surface area (Å²) in [6, 6.07) is -0.973. The molecule has 142 valence electrons. The molecule has 0 aromatic heterocycles. The number of hydrazine groups is 2. The fourth-order valence-electron chi connectivity index (χ4n) is 2.94. The molecule has 0 saturated carbocycles. The van der Waals surface area contributed by atoms with Crippen LogP contribution < -0.4 is 11.0 Å². The van der Waals surface area contributed by atoms with Crippen LogP contribution in [0.2, 0.25) is 0 Å². The summed E-state index contributed by atoms with van der Waals surface area (Å²) in [6.07, 6.45) is 1.45. The van der Waals surface area contributed by atoms with Crippen molar-refractivity contribution in [2.75, 3.05) is 13.7 Å². The molecule has 2 rings (SSSR count). The Balaban J connectivity index is 2.20. The monoisotopic (exact) mass is 356 g/mol. The van der Waals surface area contributed by atoms with Crippen molar-refractivity contribution in [1.82, 2.24) is 20.9 Å². The zero-order valence-electron chi connectivity index (χ0n) is 15.6. The molecule has 0 aliphatic carbocycles. The van der Waals surface area contributed by atoms with Gasteiger partial charge in [0.1, 0.15) is 17.2 Å². The van der Waals surface area contributed by atoms with Crippen molar-refractivity contribution in [3.63, 3.8) is 0 Å². The summed E-state index contributed by atoms with van der Waals surface area (Å²) in [5.41, 5.74) is 4.66. The van der Waals surface area contributed by atoms with Crippen molar-refractivity contribution < 1.29 is 24.2 Å². The maximum Gasteiger partial charge on any atom is 0.411 e. The molecule has 0 aromatic carbocycles. The number of likely N-dealkylation sites (tertiary alicyclic amines) is 1. The SMILES string of the molecule is COC(=O)[C@@H]1C[C@H](N2NNC=C2C(C)(C)O)CN1C(=O)OC(C)(C)C. The maximum absolute atomic E-state index is 12.5. The van der Waals surface area contributed by atoms with Crippen LogP contribution >= 0.6 is 0 Å². The number of nitrogens with one attached hydrogen (secondary N) is 2. The number of nitrogens with zero attached hydrogens (tertiary/aromatic N) is 2. The number of aliphatic hydroxyl groups is 1. The molecule has 2 atom stereocenters. The average Bonchev–Trinajstić information content (AvgIpc) is 3.10. The van der Waals surface area contributed by atoms with E-state index in [4.69, 9.17) is 9.47 Å². The molecule has 1 saturated heterocycles. The number of carbonyl (C=O) groups is 2. The number of methoxy groups -OCH3 is 1. The summed E-state index contributed by atoms with van der Waals surface area (Å²) in [5.74, 6) is -0.491. The predicted octanol–water partition coefficient (Wildman–Crippen LogP) is 0.475. The number of rotatable bonds is 3. The third-order valence-corrected chi connectivity index (χ3v) is 4.03. The first-order chi connectivity index (χ1) is 11.4. The third-order valence-electron chi connectivity index (χ3n) is 4.03. The van der Waals surface area contributed by atoms with Gasteiger partial charge in [-0.1, -0.05) is 0 Å². The predicted molar refractivity (Wildman–Crippen MR) is 89.6 cm³/mol. The molecule has 1 amide bonds. The Hall–Kier alpha value is -2.00. The lowest BCUT2D eigenvalue weighted by Gasteiger charge is -2.33. The Morgan fingerprint density at radius 2 is 1.92 bits per heavy atom. The largest absolute Gasteiger partial charge is 0.467 e. The van der Waals surface area contributed by atoms with Gasteiger partial charge in [0.25, 0.3) is 0 Å². The molecule has 2 heterocycles. The van der Waals surface area contributed by atoms with Crippen molar-refractivity contribution in [2.24, 2.45) is 0 Å². The molecule has 0 spiro atoms. The van der Waals surface area contributed by atoms with Crippen LogP contribution in [0.25, 0.3) is 0 Å². The van der Waals surface area contributed by atoms with E-state index in [0.29, 0.717) is 12.1 Å². The highest BCUT2D eigenvalue weighted by molar-refractivity contribution is 5.82. The average molecular weight is 356 g/mol. The standard InChI is InChI=1S/C16H28N4O5/c1-15(2,3)25-14(22)19-9-10(7-11(19)13(21)24-6)20-12(8-17-18-20)16(4,5)23/h8,10-11,17-18,23H,7,9H2,1-6H3/t10-,11-/m0/s1. The van der Waals surface area contributed by atoms with E-state index in [2.05, 4.69) is 11.0 Å². The Morgan fingerprint density at radius 1 is 1.28 bits per heavy atom. The number of hydrogen-bond donors (Lipinski definition) is 3. The first-order valence-electron chi connectivity index (χ1n) is 8.25. The van der Waals surface area contributed by atoms with E-state index in [1.165, 1.54) is 12.0 Å². The van der Waals surface area contributed by atoms with Gasteiger partial charge in [-0.05, 0) is 34.6 Å². The van der Waals surface area contributed by atoms with Gasteiger partial charge in [0, 0.05) is 19.2 Å². The molecule has 25 heavy (non-hydrogen) atoms. The molecular weight excluding hydrogens is 328 g/mol. The first-order valence-corrected chi connectivity index (χ1v) is 8.25. The topological polar surface area (TPSA) is 103 Å². The highest BCUT2D eigenvalue weighted by atomic mass is 16.6. The maximum atomic E-state index is 12.5. The van der Waals surface area contributed by atoms with Crippen LogP contribution in [-0.2, 0) is 14.3 Å². The summed E-state index contributed by atoms with van der Waals surface area (Å²) < 4.78 is 10.3. The van der Waals surface area contributed by atoms with Gasteiger partial charge in [0.05, 0.1) is 18.8 Å². The van der Waals surface area contributed by atoms with E-state index in [-0.39, 0.29) is 12.6 Å². The molecule has 2 aliphatic rings. The highest BCUT2D eigenvalue weighted by Crippen LogP contribution is 2.30. The molecule has 9 nitrogen and oxygen atoms in total. The zero-order valence-corrected chi connectivity index (χ0v) is 15.6. The van der Waals surface area contributed by atoms with Gasteiger partial charge >= 0.3 is 12.1 Å². The lowest BCUT2D eigenvalue weighted by atomic mass is 10.0. The van der Waals surface area contributed by atoms with Crippen molar-refractivity contribution in [1.29, 1.82) is 0 Å². The van der Waals surface area contributed by atoms with Crippen LogP contribution in [0, 0.1) is 0 Å². The van der Waals surface area contributed by atoms with Gasteiger partial charge in [0.2, 0.25) is 0 Å². The summed E-state index contributed by atoms with van der Waals surface area (Å²) in [4.78, 5) is 26.0. The van der Waals surface area contributed by atoms with Gasteiger partial charge in [-0.3, -0.25) is 9.91 Å². The summed E-state index contributed by atoms with van der Waals surface area (Å²) in [5, 5.41) is 12.0. The Labute approximate surface area is 147 Å². The molecule has 2 aliphatic heterocycles. The van der Waals surface area contributed by atoms with Crippen LogP contribution in [0.4, 0.5) is 4.79 Å². The highest BCUT2D eigenvalue weighted by Gasteiger charge is 2.46. The van der Waals surface area contributed by atoms with Crippen LogP contribution in [0.15, 0.2) is 11.9 Å². The molecule has 0 radical (unpaired) electrons. The second kappa shape index (κ2) is 6.72. The van der Waals surface area contributed by atoms with Gasteiger partial charge in [0.15, 0.2) is 0 Å². The van der Waals surface area contributed by atoms with Crippen molar-refractivity contribution >= 4 is 12.1 Å². The molecule has 0 unspecified atom stereocenters. The van der Waals surface area contributed by atoms with Crippen LogP contribution in [0.5, 0.6) is 0 Å². The van der Waals surface area contributed by atoms with E-state index in [1.54, 1.807) is 45.8 Å². The zero-order chi connectivity index (χ0) is 19.0. The minimum Gasteiger partial charge on any atom is -0.467 e. The lowest BCUT2D eigenvalue weighted by Crippen LogP contribution is -2.49. The molecule has 0 bridgehead atoms. The summed E-state index contributed by atoms with van der Waals surface area (Å²) in [6.45, 7) is 8.90. The van der Waals surface area contributed by atoms with Gasteiger partial charge in [-0.2, -0.15) is 0 Å². The second-order valence-corrected chi connectivity index (χ2v) is 7.78. The number of ether oxygens (including phenoxy) is 2. The van der Waals surface area contributed by atoms with Crippen molar-refractivity contribution in [2.45, 2.75) is 64.3 Å². The Kier molecular flexibility index (Phi) is 5.19. The molecule has 9 heteroatoms. The van der Waals surface area contributed by atoms with E-state index in [9.17, 15) is 14.7 Å². The van der Waals surface area contributed by atoms with Crippen LogP contribution in [0.1, 0.15) is 41.0 Å². The Morgan fingerprint density at radius 3 is 2.44 bits per heavy atom. The normalized spacial score (nSPS) is 24.0. The number of carbonyl (C=O) groups excluding carboxylic acids is 2. The molecular formula is C16H28N4O5. The minimum atomic E-state index is -1.09. The summed E-state index contributed by atoms with van der Waals surface area (Å²) >= 11 is 0. The van der Waals surface area contributed by atoms with Crippen LogP contribution in [0.3, 0.4) is 0 Å². The lowest BCUT2D eigenvalue weighted by molar-refractivity contribution is -0.145. The fourth-order valence-corrected chi connectivity index (χ4v) is 2.94. The number of hydrogen-bond acceptors (Lipinski definition) is 8. The van der Waals surface area contributed by atoms with Gasteiger partial charge < -0.3 is 20.0 Å². The van der Waals surface area contributed by atoms with Gasteiger partial charge in [-0.15, -0.1) is 5.53 Å². The third kappa shape index (κ3) is 4.35. The minimum absolute atomic E-state index is 0.232. The van der Waals surface area contributed by atoms with Gasteiger partial charge in [-0.25, -0.2) is 9.59 Å².